The molecule has 0 saturated heterocycles. The van der Waals surface area contributed by atoms with Crippen LogP contribution in [-0.4, -0.2) is 42.4 Å². The summed E-state index contributed by atoms with van der Waals surface area (Å²) in [6.07, 6.45) is 1.72. The predicted octanol–water partition coefficient (Wildman–Crippen LogP) is 2.59. The van der Waals surface area contributed by atoms with Crippen LogP contribution in [0.25, 0.3) is 0 Å². The number of hydrogen-bond acceptors (Lipinski definition) is 4. The van der Waals surface area contributed by atoms with Gasteiger partial charge in [-0.15, -0.1) is 0 Å². The second kappa shape index (κ2) is 7.85. The van der Waals surface area contributed by atoms with E-state index in [0.717, 1.165) is 25.1 Å². The number of pyridine rings is 1. The Morgan fingerprint density at radius 1 is 1.45 bits per heavy atom. The summed E-state index contributed by atoms with van der Waals surface area (Å²) in [7, 11) is 1.66. The van der Waals surface area contributed by atoms with Crippen LogP contribution in [-0.2, 0) is 11.2 Å². The van der Waals surface area contributed by atoms with Crippen molar-refractivity contribution >= 4 is 11.8 Å². The van der Waals surface area contributed by atoms with Gasteiger partial charge in [0.25, 0.3) is 0 Å². The number of anilines is 1. The van der Waals surface area contributed by atoms with Gasteiger partial charge in [0.05, 0.1) is 18.2 Å². The van der Waals surface area contributed by atoms with Gasteiger partial charge in [-0.1, -0.05) is 13.3 Å². The van der Waals surface area contributed by atoms with E-state index in [1.54, 1.807) is 19.2 Å². The number of aromatic nitrogens is 1. The summed E-state index contributed by atoms with van der Waals surface area (Å²) in [6.45, 7) is 7.46. The van der Waals surface area contributed by atoms with E-state index in [0.29, 0.717) is 18.0 Å². The molecule has 1 aromatic heterocycles. The Morgan fingerprint density at radius 3 is 2.65 bits per heavy atom. The largest absolute Gasteiger partial charge is 0.478 e. The molecule has 1 unspecified atom stereocenters. The highest BCUT2D eigenvalue weighted by atomic mass is 16.5. The molecule has 0 aliphatic heterocycles. The highest BCUT2D eigenvalue weighted by molar-refractivity contribution is 5.88. The number of hydrogen-bond donors (Lipinski definition) is 1. The van der Waals surface area contributed by atoms with Crippen LogP contribution in [0.2, 0.25) is 0 Å². The monoisotopic (exact) mass is 280 g/mol. The fourth-order valence-electron chi connectivity index (χ4n) is 2.26. The van der Waals surface area contributed by atoms with Crippen molar-refractivity contribution in [3.63, 3.8) is 0 Å². The van der Waals surface area contributed by atoms with Gasteiger partial charge in [0, 0.05) is 19.3 Å². The summed E-state index contributed by atoms with van der Waals surface area (Å²) in [6, 6.07) is 3.44. The number of aryl methyl sites for hydroxylation is 1. The van der Waals surface area contributed by atoms with Crippen LogP contribution in [0, 0.1) is 0 Å². The Morgan fingerprint density at radius 2 is 2.15 bits per heavy atom. The zero-order valence-corrected chi connectivity index (χ0v) is 12.7. The average molecular weight is 280 g/mol. The molecule has 0 aromatic carbocycles. The van der Waals surface area contributed by atoms with Gasteiger partial charge in [0.2, 0.25) is 0 Å². The summed E-state index contributed by atoms with van der Waals surface area (Å²) < 4.78 is 5.18. The molecule has 0 radical (unpaired) electrons. The molecular weight excluding hydrogens is 256 g/mol. The van der Waals surface area contributed by atoms with E-state index >= 15 is 0 Å². The maximum atomic E-state index is 11.2. The molecule has 0 fully saturated rings. The van der Waals surface area contributed by atoms with Crippen LogP contribution in [0.4, 0.5) is 5.82 Å². The third kappa shape index (κ3) is 4.20. The first-order valence-corrected chi connectivity index (χ1v) is 7.03. The Labute approximate surface area is 120 Å². The predicted molar refractivity (Wildman–Crippen MR) is 79.5 cm³/mol. The molecule has 0 aliphatic carbocycles. The first kappa shape index (κ1) is 16.4. The van der Waals surface area contributed by atoms with Gasteiger partial charge in [0.1, 0.15) is 5.82 Å². The molecule has 5 heteroatoms. The number of carboxylic acids is 1. The normalized spacial score (nSPS) is 12.2. The lowest BCUT2D eigenvalue weighted by atomic mass is 10.1. The lowest BCUT2D eigenvalue weighted by Gasteiger charge is -2.29. The van der Waals surface area contributed by atoms with E-state index < -0.39 is 5.97 Å². The Kier molecular flexibility index (Phi) is 6.45. The molecule has 0 saturated carbocycles. The third-order valence-electron chi connectivity index (χ3n) is 3.19. The molecule has 0 spiro atoms. The molecule has 112 valence electrons. The molecule has 0 bridgehead atoms. The fourth-order valence-corrected chi connectivity index (χ4v) is 2.26. The van der Waals surface area contributed by atoms with Gasteiger partial charge in [-0.05, 0) is 32.4 Å². The molecule has 5 nitrogen and oxygen atoms in total. The second-order valence-corrected chi connectivity index (χ2v) is 4.85. The van der Waals surface area contributed by atoms with Gasteiger partial charge in [-0.3, -0.25) is 0 Å². The van der Waals surface area contributed by atoms with Crippen LogP contribution in [0.5, 0.6) is 0 Å². The van der Waals surface area contributed by atoms with Crippen molar-refractivity contribution in [2.75, 3.05) is 25.2 Å². The van der Waals surface area contributed by atoms with Crippen LogP contribution in [0.3, 0.4) is 0 Å². The Hall–Kier alpha value is -1.62. The molecule has 1 N–H and O–H groups in total. The maximum absolute atomic E-state index is 11.2. The Balaban J connectivity index is 3.15. The zero-order valence-electron chi connectivity index (χ0n) is 12.7. The molecule has 1 heterocycles. The van der Waals surface area contributed by atoms with Crippen LogP contribution >= 0.6 is 0 Å². The molecule has 0 aliphatic rings. The first-order chi connectivity index (χ1) is 9.53. The molecule has 20 heavy (non-hydrogen) atoms. The number of rotatable bonds is 8. The second-order valence-electron chi connectivity index (χ2n) is 4.85. The van der Waals surface area contributed by atoms with E-state index in [4.69, 9.17) is 4.74 Å². The lowest BCUT2D eigenvalue weighted by Crippen LogP contribution is -2.37. The lowest BCUT2D eigenvalue weighted by molar-refractivity contribution is 0.0696. The van der Waals surface area contributed by atoms with Gasteiger partial charge in [-0.2, -0.15) is 0 Å². The van der Waals surface area contributed by atoms with Crippen molar-refractivity contribution in [3.8, 4) is 0 Å². The number of ether oxygens (including phenoxy) is 1. The smallest absolute Gasteiger partial charge is 0.335 e. The summed E-state index contributed by atoms with van der Waals surface area (Å²) in [5, 5.41) is 9.23. The van der Waals surface area contributed by atoms with E-state index in [-0.39, 0.29) is 6.04 Å². The zero-order chi connectivity index (χ0) is 15.1. The molecule has 0 amide bonds. The van der Waals surface area contributed by atoms with E-state index in [1.807, 2.05) is 13.8 Å². The van der Waals surface area contributed by atoms with Gasteiger partial charge < -0.3 is 14.7 Å². The van der Waals surface area contributed by atoms with Crippen molar-refractivity contribution in [3.05, 3.63) is 23.4 Å². The van der Waals surface area contributed by atoms with Crippen LogP contribution < -0.4 is 4.90 Å². The van der Waals surface area contributed by atoms with Crippen molar-refractivity contribution < 1.29 is 14.6 Å². The minimum Gasteiger partial charge on any atom is -0.478 e. The highest BCUT2D eigenvalue weighted by Gasteiger charge is 2.17. The number of carboxylic acid groups (broad SMARTS) is 1. The van der Waals surface area contributed by atoms with E-state index in [2.05, 4.69) is 16.8 Å². The van der Waals surface area contributed by atoms with Crippen molar-refractivity contribution in [1.82, 2.24) is 4.98 Å². The molecule has 1 atom stereocenters. The quantitative estimate of drug-likeness (QED) is 0.793. The number of nitrogens with zero attached hydrogens (tertiary/aromatic N) is 2. The molecule has 1 rings (SSSR count). The SMILES string of the molecule is CCCc1cc(C(=O)O)cc(N(CC)C(C)COC)n1. The summed E-state index contributed by atoms with van der Waals surface area (Å²) in [5.74, 6) is -0.207. The number of likely N-dealkylation sites (N-methyl/N-ethyl adjacent to an activating group) is 1. The minimum atomic E-state index is -0.915. The van der Waals surface area contributed by atoms with Crippen molar-refractivity contribution in [2.45, 2.75) is 39.7 Å². The van der Waals surface area contributed by atoms with Crippen LogP contribution in [0.1, 0.15) is 43.2 Å². The number of methoxy groups -OCH3 is 1. The highest BCUT2D eigenvalue weighted by Crippen LogP contribution is 2.19. The third-order valence-corrected chi connectivity index (χ3v) is 3.19. The average Bonchev–Trinajstić information content (AvgIpc) is 2.40. The maximum Gasteiger partial charge on any atom is 0.335 e. The van der Waals surface area contributed by atoms with Crippen molar-refractivity contribution in [2.24, 2.45) is 0 Å². The summed E-state index contributed by atoms with van der Waals surface area (Å²) >= 11 is 0. The van der Waals surface area contributed by atoms with E-state index in [1.165, 1.54) is 0 Å². The Bertz CT molecular complexity index is 449. The number of carbonyl (C=O) groups is 1. The minimum absolute atomic E-state index is 0.149. The molecular formula is C15H24N2O3. The van der Waals surface area contributed by atoms with Crippen LogP contribution in [0.15, 0.2) is 12.1 Å². The summed E-state index contributed by atoms with van der Waals surface area (Å²) in [5.41, 5.74) is 1.12. The standard InChI is InChI=1S/C15H24N2O3/c1-5-7-13-8-12(15(18)19)9-14(16-13)17(6-2)11(3)10-20-4/h8-9,11H,5-7,10H2,1-4H3,(H,18,19). The summed E-state index contributed by atoms with van der Waals surface area (Å²) in [4.78, 5) is 17.9. The van der Waals surface area contributed by atoms with Gasteiger partial charge >= 0.3 is 5.97 Å². The fraction of sp³-hybridized carbons (Fsp3) is 0.600. The van der Waals surface area contributed by atoms with E-state index in [9.17, 15) is 9.90 Å². The van der Waals surface area contributed by atoms with Gasteiger partial charge in [0.15, 0.2) is 0 Å². The van der Waals surface area contributed by atoms with Crippen molar-refractivity contribution in [1.29, 1.82) is 0 Å². The molecule has 1 aromatic rings. The first-order valence-electron chi connectivity index (χ1n) is 7.03. The number of aromatic carboxylic acids is 1. The topological polar surface area (TPSA) is 62.7 Å². The van der Waals surface area contributed by atoms with Gasteiger partial charge in [-0.25, -0.2) is 9.78 Å².